The Kier molecular flexibility index (Phi) is 4.01. The Labute approximate surface area is 147 Å². The molecule has 2 aromatic carbocycles. The first-order chi connectivity index (χ1) is 12.3. The summed E-state index contributed by atoms with van der Waals surface area (Å²) in [5, 5.41) is 7.30. The highest BCUT2D eigenvalue weighted by Gasteiger charge is 2.12. The highest BCUT2D eigenvalue weighted by atomic mass is 32.1. The first-order valence-corrected chi connectivity index (χ1v) is 8.22. The number of carbonyl (C=O) groups is 1. The molecular formula is C17H12N6OS. The molecule has 2 heterocycles. The second-order valence-electron chi connectivity index (χ2n) is 5.13. The van der Waals surface area contributed by atoms with Crippen molar-refractivity contribution in [3.05, 3.63) is 72.8 Å². The van der Waals surface area contributed by atoms with Gasteiger partial charge in [-0.1, -0.05) is 36.4 Å². The summed E-state index contributed by atoms with van der Waals surface area (Å²) >= 11 is 1.15. The monoisotopic (exact) mass is 348 g/mol. The molecule has 2 aromatic heterocycles. The van der Waals surface area contributed by atoms with E-state index in [-0.39, 0.29) is 5.91 Å². The number of carbonyl (C=O) groups excluding carboxylic acids is 1. The molecule has 0 aliphatic carbocycles. The van der Waals surface area contributed by atoms with Crippen molar-refractivity contribution in [2.24, 2.45) is 0 Å². The van der Waals surface area contributed by atoms with Gasteiger partial charge in [0.15, 0.2) is 5.82 Å². The average molecular weight is 348 g/mol. The summed E-state index contributed by atoms with van der Waals surface area (Å²) in [6.07, 6.45) is 3.02. The molecule has 0 fully saturated rings. The van der Waals surface area contributed by atoms with Crippen molar-refractivity contribution >= 4 is 22.6 Å². The van der Waals surface area contributed by atoms with Crippen molar-refractivity contribution in [3.63, 3.8) is 0 Å². The predicted molar refractivity (Wildman–Crippen MR) is 94.7 cm³/mol. The maximum Gasteiger partial charge on any atom is 0.257 e. The number of anilines is 1. The second kappa shape index (κ2) is 6.62. The quantitative estimate of drug-likeness (QED) is 0.613. The third-order valence-electron chi connectivity index (χ3n) is 3.47. The van der Waals surface area contributed by atoms with Gasteiger partial charge in [-0.2, -0.15) is 14.5 Å². The molecule has 8 heteroatoms. The van der Waals surface area contributed by atoms with Gasteiger partial charge in [0.1, 0.15) is 12.7 Å². The van der Waals surface area contributed by atoms with Crippen molar-refractivity contribution in [2.45, 2.75) is 0 Å². The van der Waals surface area contributed by atoms with Crippen LogP contribution in [-0.4, -0.2) is 30.0 Å². The van der Waals surface area contributed by atoms with Crippen LogP contribution in [0.5, 0.6) is 0 Å². The summed E-state index contributed by atoms with van der Waals surface area (Å²) in [6.45, 7) is 0. The number of nitrogens with zero attached hydrogens (tertiary/aromatic N) is 5. The van der Waals surface area contributed by atoms with Gasteiger partial charge in [0.2, 0.25) is 5.13 Å². The van der Waals surface area contributed by atoms with Crippen LogP contribution in [0.25, 0.3) is 17.1 Å². The van der Waals surface area contributed by atoms with Gasteiger partial charge in [-0.15, -0.1) is 0 Å². The van der Waals surface area contributed by atoms with E-state index in [2.05, 4.69) is 24.8 Å². The van der Waals surface area contributed by atoms with Gasteiger partial charge in [0.25, 0.3) is 5.91 Å². The molecule has 25 heavy (non-hydrogen) atoms. The SMILES string of the molecule is O=C(Nc1nc(-c2ccccc2)ns1)c1cccc(-n2cncn2)c1. The Morgan fingerprint density at radius 1 is 1.08 bits per heavy atom. The fourth-order valence-electron chi connectivity index (χ4n) is 2.28. The van der Waals surface area contributed by atoms with Gasteiger partial charge in [-0.05, 0) is 18.2 Å². The van der Waals surface area contributed by atoms with E-state index in [0.29, 0.717) is 16.5 Å². The molecule has 0 unspecified atom stereocenters. The van der Waals surface area contributed by atoms with Gasteiger partial charge >= 0.3 is 0 Å². The van der Waals surface area contributed by atoms with Crippen LogP contribution in [0.15, 0.2) is 67.3 Å². The lowest BCUT2D eigenvalue weighted by Gasteiger charge is -2.04. The first-order valence-electron chi connectivity index (χ1n) is 7.45. The molecule has 0 aliphatic heterocycles. The molecule has 4 aromatic rings. The zero-order valence-corrected chi connectivity index (χ0v) is 13.7. The molecule has 7 nitrogen and oxygen atoms in total. The van der Waals surface area contributed by atoms with Crippen LogP contribution in [0.3, 0.4) is 0 Å². The summed E-state index contributed by atoms with van der Waals surface area (Å²) in [5.74, 6) is 0.343. The van der Waals surface area contributed by atoms with Crippen LogP contribution in [-0.2, 0) is 0 Å². The summed E-state index contributed by atoms with van der Waals surface area (Å²) in [6, 6.07) is 16.7. The van der Waals surface area contributed by atoms with E-state index in [1.807, 2.05) is 36.4 Å². The van der Waals surface area contributed by atoms with Gasteiger partial charge < -0.3 is 0 Å². The fourth-order valence-corrected chi connectivity index (χ4v) is 2.86. The van der Waals surface area contributed by atoms with Gasteiger partial charge in [-0.3, -0.25) is 10.1 Å². The molecular weight excluding hydrogens is 336 g/mol. The maximum absolute atomic E-state index is 12.5. The molecule has 0 spiro atoms. The lowest BCUT2D eigenvalue weighted by molar-refractivity contribution is 0.102. The minimum atomic E-state index is -0.252. The third-order valence-corrected chi connectivity index (χ3v) is 4.10. The van der Waals surface area contributed by atoms with Crippen LogP contribution in [0.4, 0.5) is 5.13 Å². The number of benzene rings is 2. The first kappa shape index (κ1) is 15.2. The van der Waals surface area contributed by atoms with Crippen molar-refractivity contribution in [1.29, 1.82) is 0 Å². The molecule has 0 saturated heterocycles. The smallest absolute Gasteiger partial charge is 0.257 e. The van der Waals surface area contributed by atoms with Crippen LogP contribution >= 0.6 is 11.5 Å². The zero-order valence-electron chi connectivity index (χ0n) is 12.9. The number of nitrogens with one attached hydrogen (secondary N) is 1. The van der Waals surface area contributed by atoms with Crippen molar-refractivity contribution in [1.82, 2.24) is 24.1 Å². The predicted octanol–water partition coefficient (Wildman–Crippen LogP) is 3.04. The second-order valence-corrected chi connectivity index (χ2v) is 5.89. The van der Waals surface area contributed by atoms with E-state index >= 15 is 0 Å². The molecule has 4 rings (SSSR count). The van der Waals surface area contributed by atoms with Gasteiger partial charge in [-0.25, -0.2) is 9.67 Å². The van der Waals surface area contributed by atoms with E-state index in [4.69, 9.17) is 0 Å². The molecule has 0 atom stereocenters. The number of hydrogen-bond donors (Lipinski definition) is 1. The molecule has 1 N–H and O–H groups in total. The van der Waals surface area contributed by atoms with E-state index < -0.39 is 0 Å². The Balaban J connectivity index is 1.53. The number of aromatic nitrogens is 5. The molecule has 0 saturated carbocycles. The van der Waals surface area contributed by atoms with Crippen molar-refractivity contribution in [3.8, 4) is 17.1 Å². The van der Waals surface area contributed by atoms with Gasteiger partial charge in [0.05, 0.1) is 5.69 Å². The van der Waals surface area contributed by atoms with E-state index in [9.17, 15) is 4.79 Å². The number of rotatable bonds is 4. The average Bonchev–Trinajstić information content (AvgIpc) is 3.35. The molecule has 0 aliphatic rings. The van der Waals surface area contributed by atoms with Crippen LogP contribution < -0.4 is 5.32 Å². The van der Waals surface area contributed by atoms with E-state index in [1.54, 1.807) is 29.2 Å². The number of amides is 1. The molecule has 0 radical (unpaired) electrons. The minimum absolute atomic E-state index is 0.252. The third kappa shape index (κ3) is 3.29. The topological polar surface area (TPSA) is 85.6 Å². The van der Waals surface area contributed by atoms with Crippen LogP contribution in [0, 0.1) is 0 Å². The normalized spacial score (nSPS) is 10.6. The lowest BCUT2D eigenvalue weighted by Crippen LogP contribution is -2.12. The maximum atomic E-state index is 12.5. The standard InChI is InChI=1S/C17H12N6OS/c24-16(13-7-4-8-14(9-13)23-11-18-10-19-23)21-17-20-15(22-25-17)12-5-2-1-3-6-12/h1-11H,(H,20,21,22,24). The van der Waals surface area contributed by atoms with Crippen molar-refractivity contribution in [2.75, 3.05) is 5.32 Å². The van der Waals surface area contributed by atoms with Crippen LogP contribution in [0.2, 0.25) is 0 Å². The molecule has 1 amide bonds. The molecule has 122 valence electrons. The summed E-state index contributed by atoms with van der Waals surface area (Å²) < 4.78 is 5.88. The largest absolute Gasteiger partial charge is 0.297 e. The highest BCUT2D eigenvalue weighted by molar-refractivity contribution is 7.10. The zero-order chi connectivity index (χ0) is 17.1. The summed E-state index contributed by atoms with van der Waals surface area (Å²) in [5.41, 5.74) is 2.17. The van der Waals surface area contributed by atoms with Crippen molar-refractivity contribution < 1.29 is 4.79 Å². The highest BCUT2D eigenvalue weighted by Crippen LogP contribution is 2.21. The molecule has 0 bridgehead atoms. The minimum Gasteiger partial charge on any atom is -0.297 e. The Morgan fingerprint density at radius 2 is 1.96 bits per heavy atom. The Hall–Kier alpha value is -3.39. The van der Waals surface area contributed by atoms with Crippen LogP contribution in [0.1, 0.15) is 10.4 Å². The Bertz CT molecular complexity index is 997. The lowest BCUT2D eigenvalue weighted by atomic mass is 10.2. The fraction of sp³-hybridized carbons (Fsp3) is 0. The summed E-state index contributed by atoms with van der Waals surface area (Å²) in [7, 11) is 0. The van der Waals surface area contributed by atoms with E-state index in [0.717, 1.165) is 22.8 Å². The Morgan fingerprint density at radius 3 is 2.76 bits per heavy atom. The van der Waals surface area contributed by atoms with E-state index in [1.165, 1.54) is 6.33 Å². The number of hydrogen-bond acceptors (Lipinski definition) is 6. The summed E-state index contributed by atoms with van der Waals surface area (Å²) in [4.78, 5) is 20.7. The van der Waals surface area contributed by atoms with Gasteiger partial charge in [0, 0.05) is 22.7 Å².